The molecule has 8 nitrogen and oxygen atoms in total. The van der Waals surface area contributed by atoms with Gasteiger partial charge in [-0.25, -0.2) is 0 Å². The van der Waals surface area contributed by atoms with E-state index in [4.69, 9.17) is 9.26 Å². The molecule has 0 aliphatic carbocycles. The maximum atomic E-state index is 13.3. The van der Waals surface area contributed by atoms with Crippen LogP contribution in [0.2, 0.25) is 0 Å². The number of methoxy groups -OCH3 is 1. The predicted molar refractivity (Wildman–Crippen MR) is 149 cm³/mol. The van der Waals surface area contributed by atoms with E-state index in [0.29, 0.717) is 37.7 Å². The zero-order valence-corrected chi connectivity index (χ0v) is 23.1. The van der Waals surface area contributed by atoms with Gasteiger partial charge in [-0.05, 0) is 43.0 Å². The molecule has 0 saturated carbocycles. The van der Waals surface area contributed by atoms with Crippen LogP contribution in [0.5, 0.6) is 5.75 Å². The minimum absolute atomic E-state index is 0.0740. The first kappa shape index (κ1) is 27.2. The first-order valence-corrected chi connectivity index (χ1v) is 13.3. The van der Waals surface area contributed by atoms with Crippen LogP contribution in [-0.2, 0) is 4.79 Å². The first-order chi connectivity index (χ1) is 18.3. The summed E-state index contributed by atoms with van der Waals surface area (Å²) >= 11 is 0. The molecule has 0 atom stereocenters. The Hall–Kier alpha value is -3.81. The van der Waals surface area contributed by atoms with Crippen molar-refractivity contribution >= 4 is 17.5 Å². The van der Waals surface area contributed by atoms with Crippen molar-refractivity contribution in [1.29, 1.82) is 0 Å². The second kappa shape index (κ2) is 12.2. The van der Waals surface area contributed by atoms with Crippen LogP contribution in [0.1, 0.15) is 41.9 Å². The number of anilines is 1. The number of amides is 2. The summed E-state index contributed by atoms with van der Waals surface area (Å²) in [6.45, 7) is 12.2. The molecule has 8 heteroatoms. The number of hydrogen-bond acceptors (Lipinski definition) is 6. The van der Waals surface area contributed by atoms with Gasteiger partial charge < -0.3 is 24.0 Å². The van der Waals surface area contributed by atoms with Gasteiger partial charge in [0, 0.05) is 63.0 Å². The zero-order valence-electron chi connectivity index (χ0n) is 23.1. The van der Waals surface area contributed by atoms with Gasteiger partial charge in [0.25, 0.3) is 5.91 Å². The Morgan fingerprint density at radius 2 is 1.71 bits per heavy atom. The van der Waals surface area contributed by atoms with Gasteiger partial charge >= 0.3 is 0 Å². The lowest BCUT2D eigenvalue weighted by Crippen LogP contribution is -2.50. The lowest BCUT2D eigenvalue weighted by Gasteiger charge is -2.38. The molecular weight excluding hydrogens is 480 g/mol. The number of carbonyl (C=O) groups is 2. The van der Waals surface area contributed by atoms with E-state index in [0.717, 1.165) is 18.7 Å². The van der Waals surface area contributed by atoms with Gasteiger partial charge in [-0.1, -0.05) is 49.3 Å². The molecular formula is C30H38N4O4. The van der Waals surface area contributed by atoms with Crippen LogP contribution in [0, 0.1) is 19.8 Å². The summed E-state index contributed by atoms with van der Waals surface area (Å²) < 4.78 is 10.8. The summed E-state index contributed by atoms with van der Waals surface area (Å²) in [7, 11) is 1.60. The molecule has 38 heavy (non-hydrogen) atoms. The van der Waals surface area contributed by atoms with Gasteiger partial charge in [0.2, 0.25) is 5.91 Å². The normalized spacial score (nSPS) is 13.6. The molecule has 1 fully saturated rings. The minimum Gasteiger partial charge on any atom is -0.497 e. The number of rotatable bonds is 9. The molecule has 3 aromatic rings. The van der Waals surface area contributed by atoms with Gasteiger partial charge in [-0.15, -0.1) is 0 Å². The smallest absolute Gasteiger partial charge is 0.276 e. The van der Waals surface area contributed by atoms with Crippen LogP contribution in [0.4, 0.5) is 5.69 Å². The Morgan fingerprint density at radius 3 is 2.37 bits per heavy atom. The molecule has 0 bridgehead atoms. The number of para-hydroxylation sites is 1. The monoisotopic (exact) mass is 518 g/mol. The number of hydrogen-bond donors (Lipinski definition) is 0. The summed E-state index contributed by atoms with van der Waals surface area (Å²) in [5.74, 6) is 1.28. The average molecular weight is 519 g/mol. The highest BCUT2D eigenvalue weighted by atomic mass is 16.5. The van der Waals surface area contributed by atoms with Crippen molar-refractivity contribution in [3.05, 3.63) is 65.4 Å². The molecule has 1 aromatic heterocycles. The van der Waals surface area contributed by atoms with E-state index in [1.165, 1.54) is 16.8 Å². The summed E-state index contributed by atoms with van der Waals surface area (Å²) in [6.07, 6.45) is 0.280. The summed E-state index contributed by atoms with van der Waals surface area (Å²) in [4.78, 5) is 32.4. The van der Waals surface area contributed by atoms with Gasteiger partial charge in [0.15, 0.2) is 11.5 Å². The van der Waals surface area contributed by atoms with Crippen molar-refractivity contribution in [2.24, 2.45) is 5.92 Å². The van der Waals surface area contributed by atoms with Crippen LogP contribution in [0.3, 0.4) is 0 Å². The average Bonchev–Trinajstić information content (AvgIpc) is 3.41. The van der Waals surface area contributed by atoms with Crippen molar-refractivity contribution in [3.8, 4) is 17.1 Å². The zero-order chi connectivity index (χ0) is 27.2. The fourth-order valence-corrected chi connectivity index (χ4v) is 5.04. The highest BCUT2D eigenvalue weighted by Crippen LogP contribution is 2.27. The lowest BCUT2D eigenvalue weighted by molar-refractivity contribution is -0.131. The maximum Gasteiger partial charge on any atom is 0.276 e. The van der Waals surface area contributed by atoms with Gasteiger partial charge in [-0.3, -0.25) is 9.59 Å². The number of aryl methyl sites for hydroxylation is 2. The molecule has 0 spiro atoms. The molecule has 1 saturated heterocycles. The third-order valence-electron chi connectivity index (χ3n) is 6.94. The van der Waals surface area contributed by atoms with E-state index in [1.54, 1.807) is 18.1 Å². The van der Waals surface area contributed by atoms with Crippen molar-refractivity contribution in [3.63, 3.8) is 0 Å². The predicted octanol–water partition coefficient (Wildman–Crippen LogP) is 4.80. The second-order valence-electron chi connectivity index (χ2n) is 10.3. The second-order valence-corrected chi connectivity index (χ2v) is 10.3. The Bertz CT molecular complexity index is 1240. The lowest BCUT2D eigenvalue weighted by atomic mass is 10.1. The Labute approximate surface area is 225 Å². The van der Waals surface area contributed by atoms with Crippen LogP contribution in [0.25, 0.3) is 11.3 Å². The van der Waals surface area contributed by atoms with E-state index in [9.17, 15) is 9.59 Å². The summed E-state index contributed by atoms with van der Waals surface area (Å²) in [6, 6.07) is 15.4. The highest BCUT2D eigenvalue weighted by Gasteiger charge is 2.26. The third kappa shape index (κ3) is 6.36. The number of aromatic nitrogens is 1. The Kier molecular flexibility index (Phi) is 8.71. The van der Waals surface area contributed by atoms with Crippen LogP contribution < -0.4 is 9.64 Å². The summed E-state index contributed by atoms with van der Waals surface area (Å²) in [5.41, 5.74) is 4.80. The van der Waals surface area contributed by atoms with Gasteiger partial charge in [0.1, 0.15) is 5.75 Å². The van der Waals surface area contributed by atoms with Crippen molar-refractivity contribution < 1.29 is 18.8 Å². The quantitative estimate of drug-likeness (QED) is 0.405. The van der Waals surface area contributed by atoms with Gasteiger partial charge in [0.05, 0.1) is 7.11 Å². The standard InChI is InChI=1S/C30H38N4O4/c1-21(2)20-34(30(36)26-19-27(38-31-26)24-10-7-11-25(18-24)37-5)13-12-28(35)32-14-16-33(17-15-32)29-22(3)8-6-9-23(29)4/h6-11,18-19,21H,12-17,20H2,1-5H3. The highest BCUT2D eigenvalue weighted by molar-refractivity contribution is 5.93. The number of piperazine rings is 1. The molecule has 2 heterocycles. The fraction of sp³-hybridized carbons (Fsp3) is 0.433. The molecule has 0 radical (unpaired) electrons. The Morgan fingerprint density at radius 1 is 1.03 bits per heavy atom. The molecule has 4 rings (SSSR count). The van der Waals surface area contributed by atoms with Crippen LogP contribution in [-0.4, -0.2) is 73.1 Å². The fourth-order valence-electron chi connectivity index (χ4n) is 5.04. The van der Waals surface area contributed by atoms with E-state index >= 15 is 0 Å². The maximum absolute atomic E-state index is 13.3. The van der Waals surface area contributed by atoms with Crippen molar-refractivity contribution in [2.45, 2.75) is 34.1 Å². The number of carbonyl (C=O) groups excluding carboxylic acids is 2. The molecule has 0 N–H and O–H groups in total. The van der Waals surface area contributed by atoms with Gasteiger partial charge in [-0.2, -0.15) is 0 Å². The SMILES string of the molecule is COc1cccc(-c2cc(C(=O)N(CCC(=O)N3CCN(c4c(C)cccc4C)CC3)CC(C)C)no2)c1. The molecule has 1 aliphatic rings. The first-order valence-electron chi connectivity index (χ1n) is 13.3. The molecule has 2 aromatic carbocycles. The van der Waals surface area contributed by atoms with E-state index in [2.05, 4.69) is 56.0 Å². The topological polar surface area (TPSA) is 79.1 Å². The molecule has 0 unspecified atom stereocenters. The number of ether oxygens (including phenoxy) is 1. The van der Waals surface area contributed by atoms with Crippen LogP contribution >= 0.6 is 0 Å². The van der Waals surface area contributed by atoms with Crippen molar-refractivity contribution in [1.82, 2.24) is 15.0 Å². The molecule has 2 amide bonds. The largest absolute Gasteiger partial charge is 0.497 e. The number of benzene rings is 2. The summed E-state index contributed by atoms with van der Waals surface area (Å²) in [5, 5.41) is 4.04. The van der Waals surface area contributed by atoms with Crippen LogP contribution in [0.15, 0.2) is 53.1 Å². The third-order valence-corrected chi connectivity index (χ3v) is 6.94. The molecule has 1 aliphatic heterocycles. The minimum atomic E-state index is -0.232. The number of nitrogens with zero attached hydrogens (tertiary/aromatic N) is 4. The molecule has 202 valence electrons. The van der Waals surface area contributed by atoms with Crippen molar-refractivity contribution in [2.75, 3.05) is 51.3 Å². The Balaban J connectivity index is 1.36. The van der Waals surface area contributed by atoms with E-state index in [1.807, 2.05) is 29.2 Å². The van der Waals surface area contributed by atoms with E-state index < -0.39 is 0 Å². The van der Waals surface area contributed by atoms with E-state index in [-0.39, 0.29) is 29.8 Å².